The lowest BCUT2D eigenvalue weighted by Gasteiger charge is -2.14. The SMILES string of the molecule is CC(CCO)CNc1ccc(C(F)(F)F)cc1F. The maximum Gasteiger partial charge on any atom is 0.416 e. The van der Waals surface area contributed by atoms with Crippen LogP contribution in [0, 0.1) is 11.7 Å². The van der Waals surface area contributed by atoms with E-state index >= 15 is 0 Å². The van der Waals surface area contributed by atoms with Gasteiger partial charge in [-0.15, -0.1) is 0 Å². The molecule has 1 rings (SSSR count). The molecule has 0 aromatic heterocycles. The number of alkyl halides is 3. The second-order valence-corrected chi connectivity index (χ2v) is 4.19. The van der Waals surface area contributed by atoms with Crippen LogP contribution in [0.1, 0.15) is 18.9 Å². The molecule has 0 heterocycles. The zero-order valence-corrected chi connectivity index (χ0v) is 9.89. The molecule has 0 amide bonds. The molecule has 1 aromatic carbocycles. The Morgan fingerprint density at radius 3 is 2.50 bits per heavy atom. The Balaban J connectivity index is 2.69. The highest BCUT2D eigenvalue weighted by molar-refractivity contribution is 5.46. The summed E-state index contributed by atoms with van der Waals surface area (Å²) < 4.78 is 50.3. The number of rotatable bonds is 5. The van der Waals surface area contributed by atoms with Gasteiger partial charge in [-0.2, -0.15) is 13.2 Å². The van der Waals surface area contributed by atoms with Crippen molar-refractivity contribution >= 4 is 5.69 Å². The lowest BCUT2D eigenvalue weighted by atomic mass is 10.1. The fourth-order valence-electron chi connectivity index (χ4n) is 1.44. The molecule has 2 nitrogen and oxygen atoms in total. The van der Waals surface area contributed by atoms with Crippen LogP contribution in [0.15, 0.2) is 18.2 Å². The third-order valence-corrected chi connectivity index (χ3v) is 2.56. The minimum Gasteiger partial charge on any atom is -0.396 e. The van der Waals surface area contributed by atoms with Gasteiger partial charge in [0.25, 0.3) is 0 Å². The van der Waals surface area contributed by atoms with E-state index in [0.29, 0.717) is 19.0 Å². The van der Waals surface area contributed by atoms with E-state index in [4.69, 9.17) is 5.11 Å². The molecule has 0 bridgehead atoms. The second-order valence-electron chi connectivity index (χ2n) is 4.19. The first-order valence-corrected chi connectivity index (χ1v) is 5.56. The van der Waals surface area contributed by atoms with Crippen molar-refractivity contribution in [3.63, 3.8) is 0 Å². The molecule has 1 unspecified atom stereocenters. The van der Waals surface area contributed by atoms with Gasteiger partial charge in [-0.25, -0.2) is 4.39 Å². The number of hydrogen-bond acceptors (Lipinski definition) is 2. The molecule has 0 saturated heterocycles. The van der Waals surface area contributed by atoms with Gasteiger partial charge in [-0.3, -0.25) is 0 Å². The Labute approximate surface area is 103 Å². The predicted octanol–water partition coefficient (Wildman–Crippen LogP) is 3.27. The van der Waals surface area contributed by atoms with Crippen molar-refractivity contribution in [3.8, 4) is 0 Å². The average molecular weight is 265 g/mol. The smallest absolute Gasteiger partial charge is 0.396 e. The fourth-order valence-corrected chi connectivity index (χ4v) is 1.44. The maximum atomic E-state index is 13.4. The van der Waals surface area contributed by atoms with Crippen LogP contribution in [0.2, 0.25) is 0 Å². The quantitative estimate of drug-likeness (QED) is 0.801. The molecule has 6 heteroatoms. The van der Waals surface area contributed by atoms with Gasteiger partial charge >= 0.3 is 6.18 Å². The minimum atomic E-state index is -4.54. The van der Waals surface area contributed by atoms with Crippen molar-refractivity contribution in [2.45, 2.75) is 19.5 Å². The third kappa shape index (κ3) is 4.18. The summed E-state index contributed by atoms with van der Waals surface area (Å²) in [4.78, 5) is 0. The largest absolute Gasteiger partial charge is 0.416 e. The van der Waals surface area contributed by atoms with Gasteiger partial charge in [0.05, 0.1) is 11.3 Å². The van der Waals surface area contributed by atoms with E-state index in [-0.39, 0.29) is 18.2 Å². The topological polar surface area (TPSA) is 32.3 Å². The van der Waals surface area contributed by atoms with Crippen LogP contribution < -0.4 is 5.32 Å². The number of halogens is 4. The Hall–Kier alpha value is -1.30. The molecule has 18 heavy (non-hydrogen) atoms. The molecule has 0 aliphatic carbocycles. The van der Waals surface area contributed by atoms with Crippen LogP contribution in [0.4, 0.5) is 23.2 Å². The second kappa shape index (κ2) is 6.04. The van der Waals surface area contributed by atoms with Gasteiger partial charge in [-0.05, 0) is 30.5 Å². The summed E-state index contributed by atoms with van der Waals surface area (Å²) in [5.41, 5.74) is -0.971. The summed E-state index contributed by atoms with van der Waals surface area (Å²) in [6.07, 6.45) is -3.99. The van der Waals surface area contributed by atoms with E-state index < -0.39 is 17.6 Å². The van der Waals surface area contributed by atoms with Gasteiger partial charge in [0.2, 0.25) is 0 Å². The number of anilines is 1. The van der Waals surface area contributed by atoms with Crippen LogP contribution in [0.25, 0.3) is 0 Å². The fraction of sp³-hybridized carbons (Fsp3) is 0.500. The summed E-state index contributed by atoms with van der Waals surface area (Å²) >= 11 is 0. The zero-order valence-electron chi connectivity index (χ0n) is 9.89. The lowest BCUT2D eigenvalue weighted by Crippen LogP contribution is -2.14. The highest BCUT2D eigenvalue weighted by atomic mass is 19.4. The lowest BCUT2D eigenvalue weighted by molar-refractivity contribution is -0.137. The summed E-state index contributed by atoms with van der Waals surface area (Å²) in [7, 11) is 0. The molecule has 0 aliphatic heterocycles. The van der Waals surface area contributed by atoms with Gasteiger partial charge in [0.1, 0.15) is 5.82 Å². The first kappa shape index (κ1) is 14.8. The third-order valence-electron chi connectivity index (χ3n) is 2.56. The van der Waals surface area contributed by atoms with Gasteiger partial charge in [-0.1, -0.05) is 6.92 Å². The van der Waals surface area contributed by atoms with E-state index in [0.717, 1.165) is 12.1 Å². The molecule has 1 aromatic rings. The van der Waals surface area contributed by atoms with E-state index in [1.54, 1.807) is 0 Å². The number of nitrogens with one attached hydrogen (secondary N) is 1. The monoisotopic (exact) mass is 265 g/mol. The number of hydrogen-bond donors (Lipinski definition) is 2. The van der Waals surface area contributed by atoms with Crippen molar-refractivity contribution in [3.05, 3.63) is 29.6 Å². The minimum absolute atomic E-state index is 0.0261. The molecule has 2 N–H and O–H groups in total. The highest BCUT2D eigenvalue weighted by Gasteiger charge is 2.31. The molecule has 102 valence electrons. The molecular weight excluding hydrogens is 250 g/mol. The Morgan fingerprint density at radius 1 is 1.33 bits per heavy atom. The van der Waals surface area contributed by atoms with Crippen molar-refractivity contribution < 1.29 is 22.7 Å². The summed E-state index contributed by atoms with van der Waals surface area (Å²) in [6.45, 7) is 2.27. The Morgan fingerprint density at radius 2 is 2.00 bits per heavy atom. The van der Waals surface area contributed by atoms with Gasteiger partial charge in [0.15, 0.2) is 0 Å². The van der Waals surface area contributed by atoms with Crippen LogP contribution in [0.5, 0.6) is 0 Å². The summed E-state index contributed by atoms with van der Waals surface area (Å²) in [5, 5.41) is 11.4. The Kier molecular flexibility index (Phi) is 4.95. The standard InChI is InChI=1S/C12H15F4NO/c1-8(4-5-18)7-17-11-3-2-9(6-10(11)13)12(14,15)16/h2-3,6,8,17-18H,4-5,7H2,1H3. The maximum absolute atomic E-state index is 13.4. The number of benzene rings is 1. The molecule has 0 fully saturated rings. The molecule has 0 aliphatic rings. The Bertz CT molecular complexity index is 392. The van der Waals surface area contributed by atoms with Crippen LogP contribution >= 0.6 is 0 Å². The van der Waals surface area contributed by atoms with Gasteiger partial charge < -0.3 is 10.4 Å². The van der Waals surface area contributed by atoms with Crippen LogP contribution in [-0.2, 0) is 6.18 Å². The molecule has 0 saturated carbocycles. The summed E-state index contributed by atoms with van der Waals surface area (Å²) in [5.74, 6) is -0.822. The molecule has 1 atom stereocenters. The number of aliphatic hydroxyl groups is 1. The van der Waals surface area contributed by atoms with Crippen molar-refractivity contribution in [1.29, 1.82) is 0 Å². The van der Waals surface area contributed by atoms with Crippen LogP contribution in [-0.4, -0.2) is 18.3 Å². The van der Waals surface area contributed by atoms with Crippen LogP contribution in [0.3, 0.4) is 0 Å². The first-order chi connectivity index (χ1) is 8.34. The van der Waals surface area contributed by atoms with E-state index in [2.05, 4.69) is 5.32 Å². The molecule has 0 spiro atoms. The first-order valence-electron chi connectivity index (χ1n) is 5.56. The van der Waals surface area contributed by atoms with Crippen molar-refractivity contribution in [2.24, 2.45) is 5.92 Å². The van der Waals surface area contributed by atoms with E-state index in [1.165, 1.54) is 0 Å². The van der Waals surface area contributed by atoms with E-state index in [1.807, 2.05) is 6.92 Å². The van der Waals surface area contributed by atoms with Crippen molar-refractivity contribution in [2.75, 3.05) is 18.5 Å². The molecule has 0 radical (unpaired) electrons. The normalized spacial score (nSPS) is 13.4. The summed E-state index contributed by atoms with van der Waals surface area (Å²) in [6, 6.07) is 2.38. The average Bonchev–Trinajstić information content (AvgIpc) is 2.26. The molecular formula is C12H15F4NO. The van der Waals surface area contributed by atoms with E-state index in [9.17, 15) is 17.6 Å². The zero-order chi connectivity index (χ0) is 13.8. The van der Waals surface area contributed by atoms with Crippen molar-refractivity contribution in [1.82, 2.24) is 0 Å². The highest BCUT2D eigenvalue weighted by Crippen LogP contribution is 2.31. The number of aliphatic hydroxyl groups excluding tert-OH is 1. The predicted molar refractivity (Wildman–Crippen MR) is 60.8 cm³/mol. The van der Waals surface area contributed by atoms with Gasteiger partial charge in [0, 0.05) is 13.2 Å².